The van der Waals surface area contributed by atoms with E-state index in [1.807, 2.05) is 18.2 Å². The van der Waals surface area contributed by atoms with Crippen molar-refractivity contribution in [2.75, 3.05) is 7.11 Å². The zero-order valence-electron chi connectivity index (χ0n) is 13.6. The smallest absolute Gasteiger partial charge is 0.305 e. The minimum Gasteiger partial charge on any atom is -0.469 e. The molecule has 0 aliphatic heterocycles. The Morgan fingerprint density at radius 2 is 1.82 bits per heavy atom. The average molecular weight is 310 g/mol. The van der Waals surface area contributed by atoms with Crippen molar-refractivity contribution in [2.24, 2.45) is 5.92 Å². The number of ether oxygens (including phenoxy) is 1. The third-order valence-electron chi connectivity index (χ3n) is 4.18. The summed E-state index contributed by atoms with van der Waals surface area (Å²) in [6, 6.07) is 0. The fourth-order valence-electron chi connectivity index (χ4n) is 2.79. The lowest BCUT2D eigenvalue weighted by Gasteiger charge is -2.12. The van der Waals surface area contributed by atoms with E-state index in [0.717, 1.165) is 25.7 Å². The van der Waals surface area contributed by atoms with E-state index < -0.39 is 6.10 Å². The Morgan fingerprint density at radius 3 is 2.45 bits per heavy atom. The Balaban J connectivity index is 2.05. The summed E-state index contributed by atoms with van der Waals surface area (Å²) in [5, 5.41) is 19.7. The third-order valence-corrected chi connectivity index (χ3v) is 4.18. The maximum atomic E-state index is 10.9. The number of esters is 1. The number of carbonyl (C=O) groups is 1. The zero-order valence-corrected chi connectivity index (χ0v) is 13.6. The number of rotatable bonds is 10. The minimum absolute atomic E-state index is 0.234. The number of carbonyl (C=O) groups excluding carboxylic acids is 1. The molecule has 0 spiro atoms. The zero-order chi connectivity index (χ0) is 16.2. The number of methoxy groups -OCH3 is 1. The summed E-state index contributed by atoms with van der Waals surface area (Å²) in [7, 11) is 1.37. The second-order valence-corrected chi connectivity index (χ2v) is 6.00. The average Bonchev–Trinajstić information content (AvgIpc) is 3.04. The minimum atomic E-state index is -0.502. The first-order valence-electron chi connectivity index (χ1n) is 8.39. The Bertz CT molecular complexity index is 356. The SMILES string of the molecule is COC(=O)CCCC(O)C=CCCC=CC(O)C1CCCC1. The molecule has 4 nitrogen and oxygen atoms in total. The molecule has 1 saturated carbocycles. The molecule has 2 atom stereocenters. The fourth-order valence-corrected chi connectivity index (χ4v) is 2.79. The predicted molar refractivity (Wildman–Crippen MR) is 87.4 cm³/mol. The number of allylic oxidation sites excluding steroid dienone is 2. The molecule has 2 unspecified atom stereocenters. The van der Waals surface area contributed by atoms with Crippen molar-refractivity contribution in [3.05, 3.63) is 24.3 Å². The van der Waals surface area contributed by atoms with E-state index in [9.17, 15) is 15.0 Å². The highest BCUT2D eigenvalue weighted by atomic mass is 16.5. The van der Waals surface area contributed by atoms with Crippen molar-refractivity contribution in [3.63, 3.8) is 0 Å². The van der Waals surface area contributed by atoms with Gasteiger partial charge in [-0.3, -0.25) is 4.79 Å². The van der Waals surface area contributed by atoms with Crippen molar-refractivity contribution >= 4 is 5.97 Å². The van der Waals surface area contributed by atoms with E-state index >= 15 is 0 Å². The van der Waals surface area contributed by atoms with Crippen molar-refractivity contribution in [3.8, 4) is 0 Å². The molecule has 0 aromatic carbocycles. The highest BCUT2D eigenvalue weighted by Crippen LogP contribution is 2.28. The van der Waals surface area contributed by atoms with E-state index in [-0.39, 0.29) is 12.1 Å². The largest absolute Gasteiger partial charge is 0.469 e. The molecule has 126 valence electrons. The molecule has 0 bridgehead atoms. The molecule has 4 heteroatoms. The van der Waals surface area contributed by atoms with Gasteiger partial charge in [-0.2, -0.15) is 0 Å². The van der Waals surface area contributed by atoms with E-state index in [4.69, 9.17) is 0 Å². The summed E-state index contributed by atoms with van der Waals surface area (Å²) >= 11 is 0. The maximum Gasteiger partial charge on any atom is 0.305 e. The summed E-state index contributed by atoms with van der Waals surface area (Å²) in [4.78, 5) is 10.9. The number of hydrogen-bond donors (Lipinski definition) is 2. The first-order chi connectivity index (χ1) is 10.6. The van der Waals surface area contributed by atoms with Crippen LogP contribution < -0.4 is 0 Å². The third kappa shape index (κ3) is 8.35. The molecule has 0 heterocycles. The van der Waals surface area contributed by atoms with E-state index in [1.165, 1.54) is 20.0 Å². The van der Waals surface area contributed by atoms with Crippen LogP contribution in [-0.4, -0.2) is 35.5 Å². The lowest BCUT2D eigenvalue weighted by atomic mass is 10.0. The van der Waals surface area contributed by atoms with Gasteiger partial charge in [0.05, 0.1) is 19.3 Å². The van der Waals surface area contributed by atoms with Gasteiger partial charge in [-0.05, 0) is 44.4 Å². The number of aliphatic hydroxyl groups is 2. The van der Waals surface area contributed by atoms with Gasteiger partial charge in [-0.25, -0.2) is 0 Å². The maximum absolute atomic E-state index is 10.9. The molecule has 1 fully saturated rings. The molecule has 0 aromatic rings. The number of unbranched alkanes of at least 4 members (excludes halogenated alkanes) is 1. The molecule has 2 N–H and O–H groups in total. The lowest BCUT2D eigenvalue weighted by molar-refractivity contribution is -0.140. The van der Waals surface area contributed by atoms with Gasteiger partial charge in [0.2, 0.25) is 0 Å². The van der Waals surface area contributed by atoms with Crippen molar-refractivity contribution in [1.82, 2.24) is 0 Å². The Morgan fingerprint density at radius 1 is 1.18 bits per heavy atom. The standard InChI is InChI=1S/C18H30O4/c1-22-18(21)14-8-12-16(19)11-4-2-3-5-13-17(20)15-9-6-7-10-15/h4-5,11,13,15-17,19-20H,2-3,6-10,12,14H2,1H3. The molecular weight excluding hydrogens is 280 g/mol. The van der Waals surface area contributed by atoms with Crippen LogP contribution in [0.3, 0.4) is 0 Å². The molecule has 22 heavy (non-hydrogen) atoms. The Labute approximate surface area is 133 Å². The van der Waals surface area contributed by atoms with Crippen LogP contribution in [0, 0.1) is 5.92 Å². The van der Waals surface area contributed by atoms with Gasteiger partial charge >= 0.3 is 5.97 Å². The highest BCUT2D eigenvalue weighted by molar-refractivity contribution is 5.68. The molecule has 0 aromatic heterocycles. The molecule has 1 aliphatic rings. The van der Waals surface area contributed by atoms with Crippen molar-refractivity contribution in [1.29, 1.82) is 0 Å². The van der Waals surface area contributed by atoms with E-state index in [1.54, 1.807) is 6.08 Å². The normalized spacial score (nSPS) is 19.0. The van der Waals surface area contributed by atoms with Gasteiger partial charge in [0.25, 0.3) is 0 Å². The van der Waals surface area contributed by atoms with Crippen LogP contribution in [0.15, 0.2) is 24.3 Å². The van der Waals surface area contributed by atoms with Gasteiger partial charge in [0, 0.05) is 6.42 Å². The van der Waals surface area contributed by atoms with Crippen LogP contribution in [0.5, 0.6) is 0 Å². The van der Waals surface area contributed by atoms with Gasteiger partial charge < -0.3 is 14.9 Å². The Kier molecular flexibility index (Phi) is 9.84. The first-order valence-corrected chi connectivity index (χ1v) is 8.39. The summed E-state index contributed by atoms with van der Waals surface area (Å²) in [5.41, 5.74) is 0. The highest BCUT2D eigenvalue weighted by Gasteiger charge is 2.20. The number of aliphatic hydroxyl groups excluding tert-OH is 2. The molecular formula is C18H30O4. The molecule has 0 amide bonds. The Hall–Kier alpha value is -1.13. The number of hydrogen-bond acceptors (Lipinski definition) is 4. The quantitative estimate of drug-likeness (QED) is 0.369. The molecule has 1 rings (SSSR count). The lowest BCUT2D eigenvalue weighted by Crippen LogP contribution is -2.14. The van der Waals surface area contributed by atoms with Crippen LogP contribution in [0.25, 0.3) is 0 Å². The van der Waals surface area contributed by atoms with Crippen LogP contribution in [-0.2, 0) is 9.53 Å². The molecule has 0 saturated heterocycles. The molecule has 0 radical (unpaired) electrons. The summed E-state index contributed by atoms with van der Waals surface area (Å²) in [6.07, 6.45) is 14.9. The van der Waals surface area contributed by atoms with Gasteiger partial charge in [0.1, 0.15) is 0 Å². The monoisotopic (exact) mass is 310 g/mol. The van der Waals surface area contributed by atoms with Crippen LogP contribution in [0.4, 0.5) is 0 Å². The second-order valence-electron chi connectivity index (χ2n) is 6.00. The van der Waals surface area contributed by atoms with Crippen molar-refractivity contribution < 1.29 is 19.7 Å². The van der Waals surface area contributed by atoms with Gasteiger partial charge in [-0.1, -0.05) is 37.1 Å². The first kappa shape index (κ1) is 18.9. The van der Waals surface area contributed by atoms with E-state index in [2.05, 4.69) is 4.74 Å². The van der Waals surface area contributed by atoms with Crippen molar-refractivity contribution in [2.45, 2.75) is 70.0 Å². The van der Waals surface area contributed by atoms with E-state index in [0.29, 0.717) is 25.2 Å². The topological polar surface area (TPSA) is 66.8 Å². The summed E-state index contributed by atoms with van der Waals surface area (Å²) in [6.45, 7) is 0. The van der Waals surface area contributed by atoms with Gasteiger partial charge in [-0.15, -0.1) is 0 Å². The van der Waals surface area contributed by atoms with Crippen LogP contribution in [0.2, 0.25) is 0 Å². The molecule has 1 aliphatic carbocycles. The van der Waals surface area contributed by atoms with Gasteiger partial charge in [0.15, 0.2) is 0 Å². The fraction of sp³-hybridized carbons (Fsp3) is 0.722. The van der Waals surface area contributed by atoms with Crippen LogP contribution >= 0.6 is 0 Å². The second kappa shape index (κ2) is 11.4. The summed E-state index contributed by atoms with van der Waals surface area (Å²) in [5.74, 6) is 0.213. The predicted octanol–water partition coefficient (Wildman–Crippen LogP) is 3.13. The summed E-state index contributed by atoms with van der Waals surface area (Å²) < 4.78 is 4.55. The van der Waals surface area contributed by atoms with Crippen LogP contribution in [0.1, 0.15) is 57.8 Å².